The van der Waals surface area contributed by atoms with Crippen molar-refractivity contribution in [1.29, 1.82) is 0 Å². The number of pyridine rings is 1. The molecule has 56 valence electrons. The van der Waals surface area contributed by atoms with E-state index in [1.54, 1.807) is 12.5 Å². The molecule has 0 atom stereocenters. The number of imidazole rings is 1. The fourth-order valence-electron chi connectivity index (χ4n) is 0.995. The van der Waals surface area contributed by atoms with Gasteiger partial charge in [0.1, 0.15) is 0 Å². The number of nitrogens with zero attached hydrogens (tertiary/aromatic N) is 2. The molecule has 1 N–H and O–H groups in total. The summed E-state index contributed by atoms with van der Waals surface area (Å²) < 4.78 is 0. The van der Waals surface area contributed by atoms with Crippen molar-refractivity contribution in [2.45, 2.75) is 6.92 Å². The minimum atomic E-state index is 0.668. The van der Waals surface area contributed by atoms with Gasteiger partial charge < -0.3 is 4.98 Å². The van der Waals surface area contributed by atoms with Crippen LogP contribution >= 0.6 is 11.6 Å². The van der Waals surface area contributed by atoms with Crippen LogP contribution in [0.15, 0.2) is 12.5 Å². The summed E-state index contributed by atoms with van der Waals surface area (Å²) in [6, 6.07) is 0. The molecule has 0 bridgehead atoms. The molecule has 0 amide bonds. The van der Waals surface area contributed by atoms with Gasteiger partial charge in [0.2, 0.25) is 0 Å². The number of hydrogen-bond donors (Lipinski definition) is 1. The summed E-state index contributed by atoms with van der Waals surface area (Å²) in [5.74, 6) is 0. The zero-order valence-electron chi connectivity index (χ0n) is 5.93. The van der Waals surface area contributed by atoms with Gasteiger partial charge in [0.25, 0.3) is 0 Å². The van der Waals surface area contributed by atoms with E-state index in [1.165, 1.54) is 0 Å². The number of rotatable bonds is 0. The zero-order valence-corrected chi connectivity index (χ0v) is 6.68. The molecule has 2 heterocycles. The van der Waals surface area contributed by atoms with Gasteiger partial charge in [-0.2, -0.15) is 0 Å². The average molecular weight is 168 g/mol. The van der Waals surface area contributed by atoms with Gasteiger partial charge in [-0.15, -0.1) is 0 Å². The van der Waals surface area contributed by atoms with Crippen molar-refractivity contribution in [3.63, 3.8) is 0 Å². The first-order valence-electron chi connectivity index (χ1n) is 3.23. The summed E-state index contributed by atoms with van der Waals surface area (Å²) in [6.45, 7) is 1.94. The molecule has 2 aromatic heterocycles. The number of aryl methyl sites for hydroxylation is 1. The van der Waals surface area contributed by atoms with Crippen LogP contribution in [0.4, 0.5) is 0 Å². The molecule has 0 aliphatic carbocycles. The quantitative estimate of drug-likeness (QED) is 0.652. The molecule has 0 spiro atoms. The molecule has 0 saturated carbocycles. The summed E-state index contributed by atoms with van der Waals surface area (Å²) in [7, 11) is 0. The first-order chi connectivity index (χ1) is 5.29. The van der Waals surface area contributed by atoms with Crippen molar-refractivity contribution >= 4 is 22.8 Å². The van der Waals surface area contributed by atoms with Crippen LogP contribution in [-0.4, -0.2) is 15.0 Å². The van der Waals surface area contributed by atoms with Crippen LogP contribution in [0.2, 0.25) is 5.02 Å². The highest BCUT2D eigenvalue weighted by atomic mass is 35.5. The lowest BCUT2D eigenvalue weighted by Gasteiger charge is -1.95. The maximum atomic E-state index is 5.83. The van der Waals surface area contributed by atoms with Gasteiger partial charge in [0.05, 0.1) is 16.9 Å². The van der Waals surface area contributed by atoms with Gasteiger partial charge in [0, 0.05) is 6.20 Å². The molecule has 0 aliphatic rings. The first kappa shape index (κ1) is 6.61. The van der Waals surface area contributed by atoms with Crippen LogP contribution in [0.5, 0.6) is 0 Å². The molecule has 0 fully saturated rings. The molecule has 0 aromatic carbocycles. The Hall–Kier alpha value is -1.09. The van der Waals surface area contributed by atoms with Crippen molar-refractivity contribution in [2.24, 2.45) is 0 Å². The summed E-state index contributed by atoms with van der Waals surface area (Å²) in [5.41, 5.74) is 2.62. The summed E-state index contributed by atoms with van der Waals surface area (Å²) >= 11 is 5.83. The van der Waals surface area contributed by atoms with E-state index in [9.17, 15) is 0 Å². The number of aromatic amines is 1. The Labute approximate surface area is 68.4 Å². The van der Waals surface area contributed by atoms with Crippen LogP contribution in [0.1, 0.15) is 5.56 Å². The van der Waals surface area contributed by atoms with Crippen LogP contribution in [0, 0.1) is 6.92 Å². The fraction of sp³-hybridized carbons (Fsp3) is 0.143. The first-order valence-corrected chi connectivity index (χ1v) is 3.61. The highest BCUT2D eigenvalue weighted by Crippen LogP contribution is 2.19. The number of halogens is 1. The Morgan fingerprint density at radius 1 is 1.45 bits per heavy atom. The summed E-state index contributed by atoms with van der Waals surface area (Å²) in [4.78, 5) is 11.0. The Bertz CT molecular complexity index is 393. The van der Waals surface area contributed by atoms with E-state index in [1.807, 2.05) is 6.92 Å². The van der Waals surface area contributed by atoms with Crippen LogP contribution < -0.4 is 0 Å². The van der Waals surface area contributed by atoms with Crippen LogP contribution in [0.25, 0.3) is 11.2 Å². The highest BCUT2D eigenvalue weighted by Gasteiger charge is 2.03. The lowest BCUT2D eigenvalue weighted by molar-refractivity contribution is 1.30. The van der Waals surface area contributed by atoms with Gasteiger partial charge >= 0.3 is 0 Å². The van der Waals surface area contributed by atoms with Crippen molar-refractivity contribution in [3.8, 4) is 0 Å². The largest absolute Gasteiger partial charge is 0.343 e. The standard InChI is InChI=1S/C7H6ClN3/c1-4-5(8)2-9-7-6(4)10-3-11-7/h2-3H,1H3,(H,9,10,11). The Morgan fingerprint density at radius 3 is 3.09 bits per heavy atom. The van der Waals surface area contributed by atoms with Gasteiger partial charge in [-0.25, -0.2) is 9.97 Å². The van der Waals surface area contributed by atoms with E-state index in [0.29, 0.717) is 10.7 Å². The Kier molecular flexibility index (Phi) is 1.32. The van der Waals surface area contributed by atoms with Gasteiger partial charge in [0.15, 0.2) is 5.65 Å². The van der Waals surface area contributed by atoms with Gasteiger partial charge in [-0.05, 0) is 12.5 Å². The van der Waals surface area contributed by atoms with E-state index >= 15 is 0 Å². The minimum absolute atomic E-state index is 0.668. The third-order valence-electron chi connectivity index (χ3n) is 1.65. The zero-order chi connectivity index (χ0) is 7.84. The monoisotopic (exact) mass is 167 g/mol. The highest BCUT2D eigenvalue weighted by molar-refractivity contribution is 6.31. The molecule has 2 aromatic rings. The SMILES string of the molecule is Cc1c(Cl)cnc2nc[nH]c12. The minimum Gasteiger partial charge on any atom is -0.343 e. The molecule has 2 rings (SSSR count). The van der Waals surface area contributed by atoms with E-state index in [4.69, 9.17) is 11.6 Å². The van der Waals surface area contributed by atoms with Crippen molar-refractivity contribution in [1.82, 2.24) is 15.0 Å². The van der Waals surface area contributed by atoms with Gasteiger partial charge in [-0.3, -0.25) is 0 Å². The van der Waals surface area contributed by atoms with Crippen molar-refractivity contribution in [2.75, 3.05) is 0 Å². The molecular weight excluding hydrogens is 162 g/mol. The van der Waals surface area contributed by atoms with Gasteiger partial charge in [-0.1, -0.05) is 11.6 Å². The van der Waals surface area contributed by atoms with Crippen LogP contribution in [0.3, 0.4) is 0 Å². The summed E-state index contributed by atoms with van der Waals surface area (Å²) in [6.07, 6.45) is 3.22. The number of fused-ring (bicyclic) bond motifs is 1. The molecule has 0 aliphatic heterocycles. The predicted octanol–water partition coefficient (Wildman–Crippen LogP) is 1.92. The second kappa shape index (κ2) is 2.20. The number of H-pyrrole nitrogens is 1. The maximum Gasteiger partial charge on any atom is 0.177 e. The molecule has 0 radical (unpaired) electrons. The second-order valence-electron chi connectivity index (χ2n) is 2.33. The van der Waals surface area contributed by atoms with E-state index < -0.39 is 0 Å². The topological polar surface area (TPSA) is 41.6 Å². The molecule has 0 unspecified atom stereocenters. The van der Waals surface area contributed by atoms with Crippen molar-refractivity contribution < 1.29 is 0 Å². The van der Waals surface area contributed by atoms with Crippen molar-refractivity contribution in [3.05, 3.63) is 23.1 Å². The lowest BCUT2D eigenvalue weighted by atomic mass is 10.3. The molecule has 11 heavy (non-hydrogen) atoms. The molecule has 0 saturated heterocycles. The van der Waals surface area contributed by atoms with E-state index in [0.717, 1.165) is 11.1 Å². The Morgan fingerprint density at radius 2 is 2.27 bits per heavy atom. The average Bonchev–Trinajstić information content (AvgIpc) is 2.45. The summed E-state index contributed by atoms with van der Waals surface area (Å²) in [5, 5.41) is 0.668. The second-order valence-corrected chi connectivity index (χ2v) is 2.74. The predicted molar refractivity (Wildman–Crippen MR) is 43.6 cm³/mol. The fourth-order valence-corrected chi connectivity index (χ4v) is 1.14. The molecule has 4 heteroatoms. The molecular formula is C7H6ClN3. The lowest BCUT2D eigenvalue weighted by Crippen LogP contribution is -1.82. The number of aromatic nitrogens is 3. The molecule has 3 nitrogen and oxygen atoms in total. The maximum absolute atomic E-state index is 5.83. The Balaban J connectivity index is 2.93. The smallest absolute Gasteiger partial charge is 0.177 e. The number of hydrogen-bond acceptors (Lipinski definition) is 2. The normalized spacial score (nSPS) is 10.7. The van der Waals surface area contributed by atoms with E-state index in [-0.39, 0.29) is 0 Å². The van der Waals surface area contributed by atoms with Crippen LogP contribution in [-0.2, 0) is 0 Å². The number of nitrogens with one attached hydrogen (secondary N) is 1. The third kappa shape index (κ3) is 0.886. The third-order valence-corrected chi connectivity index (χ3v) is 2.03. The van der Waals surface area contributed by atoms with E-state index in [2.05, 4.69) is 15.0 Å².